The zero-order valence-electron chi connectivity index (χ0n) is 7.05. The van der Waals surface area contributed by atoms with Gasteiger partial charge in [0.1, 0.15) is 0 Å². The van der Waals surface area contributed by atoms with Gasteiger partial charge in [0, 0.05) is 12.6 Å². The molecule has 1 heterocycles. The highest BCUT2D eigenvalue weighted by atomic mass is 32.2. The minimum absolute atomic E-state index is 0.204. The van der Waals surface area contributed by atoms with Gasteiger partial charge in [-0.05, 0) is 31.3 Å². The van der Waals surface area contributed by atoms with E-state index in [-0.39, 0.29) is 6.10 Å². The molecule has 1 atom stereocenters. The Labute approximate surface area is 72.8 Å². The zero-order chi connectivity index (χ0) is 8.10. The maximum absolute atomic E-state index is 9.02. The Bertz CT molecular complexity index is 102. The number of thioether (sulfide) groups is 1. The van der Waals surface area contributed by atoms with E-state index in [2.05, 4.69) is 5.32 Å². The van der Waals surface area contributed by atoms with Crippen LogP contribution in [0.4, 0.5) is 0 Å². The molecule has 66 valence electrons. The molecule has 0 saturated carbocycles. The van der Waals surface area contributed by atoms with Gasteiger partial charge < -0.3 is 10.4 Å². The van der Waals surface area contributed by atoms with E-state index in [1.165, 1.54) is 24.3 Å². The molecule has 1 fully saturated rings. The van der Waals surface area contributed by atoms with Gasteiger partial charge in [-0.25, -0.2) is 0 Å². The minimum Gasteiger partial charge on any atom is -0.392 e. The zero-order valence-corrected chi connectivity index (χ0v) is 7.86. The average molecular weight is 175 g/mol. The largest absolute Gasteiger partial charge is 0.392 e. The molecule has 0 amide bonds. The quantitative estimate of drug-likeness (QED) is 0.667. The molecule has 0 aromatic carbocycles. The van der Waals surface area contributed by atoms with E-state index in [9.17, 15) is 0 Å². The van der Waals surface area contributed by atoms with Gasteiger partial charge in [0.2, 0.25) is 0 Å². The van der Waals surface area contributed by atoms with Crippen LogP contribution in [-0.2, 0) is 0 Å². The maximum Gasteiger partial charge on any atom is 0.0636 e. The van der Waals surface area contributed by atoms with Crippen molar-refractivity contribution >= 4 is 11.8 Å². The summed E-state index contributed by atoms with van der Waals surface area (Å²) in [6.07, 6.45) is 2.32. The van der Waals surface area contributed by atoms with Crippen molar-refractivity contribution in [1.82, 2.24) is 5.32 Å². The molecule has 0 radical (unpaired) electrons. The third-order valence-corrected chi connectivity index (χ3v) is 2.97. The summed E-state index contributed by atoms with van der Waals surface area (Å²) in [6.45, 7) is 2.57. The first-order valence-electron chi connectivity index (χ1n) is 4.28. The number of aliphatic hydroxyl groups excluding tert-OH is 1. The Morgan fingerprint density at radius 2 is 2.18 bits per heavy atom. The highest BCUT2D eigenvalue weighted by Gasteiger charge is 2.12. The Morgan fingerprint density at radius 3 is 2.73 bits per heavy atom. The highest BCUT2D eigenvalue weighted by Crippen LogP contribution is 2.16. The molecule has 1 rings (SSSR count). The molecule has 1 unspecified atom stereocenters. The lowest BCUT2D eigenvalue weighted by Gasteiger charge is -2.23. The van der Waals surface area contributed by atoms with Crippen LogP contribution in [0, 0.1) is 0 Å². The fourth-order valence-corrected chi connectivity index (χ4v) is 2.35. The van der Waals surface area contributed by atoms with Crippen LogP contribution in [0.3, 0.4) is 0 Å². The van der Waals surface area contributed by atoms with Crippen LogP contribution in [-0.4, -0.2) is 35.3 Å². The van der Waals surface area contributed by atoms with Crippen LogP contribution >= 0.6 is 11.8 Å². The second kappa shape index (κ2) is 5.01. The smallest absolute Gasteiger partial charge is 0.0636 e. The van der Waals surface area contributed by atoms with E-state index < -0.39 is 0 Å². The lowest BCUT2D eigenvalue weighted by Crippen LogP contribution is -2.36. The van der Waals surface area contributed by atoms with E-state index >= 15 is 0 Å². The number of hydrogen-bond acceptors (Lipinski definition) is 3. The Kier molecular flexibility index (Phi) is 4.26. The molecule has 0 bridgehead atoms. The fraction of sp³-hybridized carbons (Fsp3) is 1.00. The number of nitrogens with one attached hydrogen (secondary N) is 1. The second-order valence-electron chi connectivity index (χ2n) is 3.14. The van der Waals surface area contributed by atoms with Gasteiger partial charge in [0.15, 0.2) is 0 Å². The number of rotatable bonds is 3. The normalized spacial score (nSPS) is 23.5. The van der Waals surface area contributed by atoms with Crippen LogP contribution < -0.4 is 5.32 Å². The summed E-state index contributed by atoms with van der Waals surface area (Å²) in [5.41, 5.74) is 0. The average Bonchev–Trinajstić information content (AvgIpc) is 2.03. The van der Waals surface area contributed by atoms with Crippen molar-refractivity contribution < 1.29 is 5.11 Å². The molecule has 3 heteroatoms. The predicted octanol–water partition coefficient (Wildman–Crippen LogP) is 0.852. The highest BCUT2D eigenvalue weighted by molar-refractivity contribution is 7.99. The molecular weight excluding hydrogens is 158 g/mol. The summed E-state index contributed by atoms with van der Waals surface area (Å²) >= 11 is 2.03. The fourth-order valence-electron chi connectivity index (χ4n) is 1.24. The Balaban J connectivity index is 2.05. The van der Waals surface area contributed by atoms with Gasteiger partial charge >= 0.3 is 0 Å². The first-order valence-corrected chi connectivity index (χ1v) is 5.43. The van der Waals surface area contributed by atoms with Gasteiger partial charge in [-0.2, -0.15) is 11.8 Å². The Morgan fingerprint density at radius 1 is 1.55 bits per heavy atom. The molecule has 1 saturated heterocycles. The summed E-state index contributed by atoms with van der Waals surface area (Å²) in [5.74, 6) is 2.55. The van der Waals surface area contributed by atoms with Crippen molar-refractivity contribution in [3.63, 3.8) is 0 Å². The molecule has 1 aliphatic heterocycles. The Hall–Kier alpha value is 0.270. The molecule has 2 N–H and O–H groups in total. The van der Waals surface area contributed by atoms with Gasteiger partial charge in [-0.1, -0.05) is 0 Å². The lowest BCUT2D eigenvalue weighted by molar-refractivity contribution is 0.185. The molecular formula is C8H17NOS. The summed E-state index contributed by atoms with van der Waals surface area (Å²) < 4.78 is 0. The monoisotopic (exact) mass is 175 g/mol. The maximum atomic E-state index is 9.02. The van der Waals surface area contributed by atoms with Gasteiger partial charge in [0.25, 0.3) is 0 Å². The van der Waals surface area contributed by atoms with E-state index in [1.54, 1.807) is 0 Å². The molecule has 0 spiro atoms. The van der Waals surface area contributed by atoms with Crippen LogP contribution in [0.2, 0.25) is 0 Å². The summed E-state index contributed by atoms with van der Waals surface area (Å²) in [4.78, 5) is 0. The van der Waals surface area contributed by atoms with Crippen molar-refractivity contribution in [3.8, 4) is 0 Å². The first kappa shape index (κ1) is 9.36. The van der Waals surface area contributed by atoms with Crippen LogP contribution in [0.15, 0.2) is 0 Å². The number of hydrogen-bond donors (Lipinski definition) is 2. The van der Waals surface area contributed by atoms with E-state index in [4.69, 9.17) is 5.11 Å². The third-order valence-electron chi connectivity index (χ3n) is 1.92. The topological polar surface area (TPSA) is 32.3 Å². The summed E-state index contributed by atoms with van der Waals surface area (Å²) in [7, 11) is 0. The first-order chi connectivity index (χ1) is 5.29. The van der Waals surface area contributed by atoms with Crippen molar-refractivity contribution in [1.29, 1.82) is 0 Å². The van der Waals surface area contributed by atoms with E-state index in [1.807, 2.05) is 18.7 Å². The standard InChI is InChI=1S/C8H17NOS/c1-7(10)6-9-8-2-4-11-5-3-8/h7-10H,2-6H2,1H3. The molecule has 0 aromatic rings. The van der Waals surface area contributed by atoms with Crippen molar-refractivity contribution in [3.05, 3.63) is 0 Å². The van der Waals surface area contributed by atoms with Gasteiger partial charge in [-0.3, -0.25) is 0 Å². The van der Waals surface area contributed by atoms with Crippen molar-refractivity contribution in [2.45, 2.75) is 31.9 Å². The third kappa shape index (κ3) is 3.99. The van der Waals surface area contributed by atoms with Gasteiger partial charge in [0.05, 0.1) is 6.10 Å². The van der Waals surface area contributed by atoms with Crippen LogP contribution in [0.25, 0.3) is 0 Å². The molecule has 1 aliphatic rings. The minimum atomic E-state index is -0.204. The number of aliphatic hydroxyl groups is 1. The molecule has 0 aliphatic carbocycles. The molecule has 2 nitrogen and oxygen atoms in total. The van der Waals surface area contributed by atoms with E-state index in [0.29, 0.717) is 6.04 Å². The lowest BCUT2D eigenvalue weighted by atomic mass is 10.1. The second-order valence-corrected chi connectivity index (χ2v) is 4.37. The summed E-state index contributed by atoms with van der Waals surface area (Å²) in [6, 6.07) is 0.658. The van der Waals surface area contributed by atoms with E-state index in [0.717, 1.165) is 6.54 Å². The van der Waals surface area contributed by atoms with Crippen molar-refractivity contribution in [2.75, 3.05) is 18.1 Å². The SMILES string of the molecule is CC(O)CNC1CCSCC1. The van der Waals surface area contributed by atoms with Crippen molar-refractivity contribution in [2.24, 2.45) is 0 Å². The van der Waals surface area contributed by atoms with Crippen LogP contribution in [0.1, 0.15) is 19.8 Å². The van der Waals surface area contributed by atoms with Gasteiger partial charge in [-0.15, -0.1) is 0 Å². The van der Waals surface area contributed by atoms with Crippen LogP contribution in [0.5, 0.6) is 0 Å². The predicted molar refractivity (Wildman–Crippen MR) is 50.0 cm³/mol. The molecule has 11 heavy (non-hydrogen) atoms. The summed E-state index contributed by atoms with van der Waals surface area (Å²) in [5, 5.41) is 12.4. The molecule has 0 aromatic heterocycles.